The Hall–Kier alpha value is -3.94. The minimum Gasteiger partial charge on any atom is -0.551 e. The van der Waals surface area contributed by atoms with E-state index >= 15 is 0 Å². The standard InChI is InChI=1S/C13H11O2.C12H12N2O2.CO2.Na/c1-9-8-12(15)6-7-13(9)10-2-4-11(14)5-3-10;13-7-1-3-9(11(15)5-7)10-4-2-8(14)6-12(10)16;2-1-3;/h2,4-8,14-15H,1H3;1-6,15-16H,13-14H2;;/q-1;;;+1. The maximum absolute atomic E-state index is 9.72. The number of aryl methyl sites for hydroxylation is 1. The minimum atomic E-state index is 0. The molecule has 0 aromatic heterocycles. The van der Waals surface area contributed by atoms with E-state index in [4.69, 9.17) is 26.2 Å². The van der Waals surface area contributed by atoms with Gasteiger partial charge in [-0.3, -0.25) is 0 Å². The number of hydrogen-bond donors (Lipinski definition) is 6. The van der Waals surface area contributed by atoms with Crippen LogP contribution < -0.4 is 41.0 Å². The van der Waals surface area contributed by atoms with Gasteiger partial charge in [0.25, 0.3) is 0 Å². The Morgan fingerprint density at radius 1 is 0.686 bits per heavy atom. The molecule has 9 heteroatoms. The number of carbonyl (C=O) groups excluding carboxylic acids is 2. The molecule has 35 heavy (non-hydrogen) atoms. The fraction of sp³-hybridized carbons (Fsp3) is 0.0385. The Morgan fingerprint density at radius 3 is 1.54 bits per heavy atom. The van der Waals surface area contributed by atoms with E-state index in [1.165, 1.54) is 18.2 Å². The van der Waals surface area contributed by atoms with Crippen molar-refractivity contribution in [1.29, 1.82) is 0 Å². The van der Waals surface area contributed by atoms with Crippen LogP contribution in [-0.2, 0) is 9.59 Å². The molecule has 4 aromatic carbocycles. The number of benzene rings is 4. The predicted octanol–water partition coefficient (Wildman–Crippen LogP) is 1.22. The normalized spacial score (nSPS) is 9.29. The van der Waals surface area contributed by atoms with Crippen LogP contribution in [0.4, 0.5) is 11.4 Å². The van der Waals surface area contributed by atoms with Crippen LogP contribution in [-0.4, -0.2) is 26.6 Å². The average molecular weight is 482 g/mol. The van der Waals surface area contributed by atoms with Crippen molar-refractivity contribution in [2.45, 2.75) is 6.92 Å². The van der Waals surface area contributed by atoms with Gasteiger partial charge >= 0.3 is 35.7 Å². The summed E-state index contributed by atoms with van der Waals surface area (Å²) in [5.41, 5.74) is 15.9. The Bertz CT molecular complexity index is 1250. The summed E-state index contributed by atoms with van der Waals surface area (Å²) in [6.07, 6.45) is 0.250. The number of hydrogen-bond acceptors (Lipinski definition) is 8. The second-order valence-electron chi connectivity index (χ2n) is 7.10. The van der Waals surface area contributed by atoms with E-state index in [1.54, 1.807) is 48.5 Å². The van der Waals surface area contributed by atoms with Crippen molar-refractivity contribution in [1.82, 2.24) is 0 Å². The van der Waals surface area contributed by atoms with E-state index in [-0.39, 0.29) is 58.7 Å². The van der Waals surface area contributed by atoms with E-state index in [2.05, 4.69) is 6.07 Å². The van der Waals surface area contributed by atoms with Gasteiger partial charge in [-0.25, -0.2) is 0 Å². The largest absolute Gasteiger partial charge is 1.00 e. The van der Waals surface area contributed by atoms with Crippen LogP contribution in [0.25, 0.3) is 22.3 Å². The maximum Gasteiger partial charge on any atom is 1.00 e. The topological polar surface area (TPSA) is 167 Å². The molecule has 0 saturated carbocycles. The molecule has 0 aliphatic carbocycles. The average Bonchev–Trinajstić information content (AvgIpc) is 2.77. The van der Waals surface area contributed by atoms with Gasteiger partial charge < -0.3 is 31.9 Å². The summed E-state index contributed by atoms with van der Waals surface area (Å²) in [5, 5.41) is 37.9. The van der Waals surface area contributed by atoms with Gasteiger partial charge in [0.1, 0.15) is 17.2 Å². The fourth-order valence-electron chi connectivity index (χ4n) is 3.09. The molecule has 0 bridgehead atoms. The van der Waals surface area contributed by atoms with Gasteiger partial charge in [-0.05, 0) is 43.3 Å². The van der Waals surface area contributed by atoms with E-state index in [0.29, 0.717) is 22.5 Å². The molecule has 4 aromatic rings. The molecule has 0 saturated heterocycles. The Kier molecular flexibility index (Phi) is 11.4. The molecular formula is C26H23N2NaO6. The number of phenolic OH excluding ortho intramolecular Hbond substituents is 4. The minimum absolute atomic E-state index is 0. The summed E-state index contributed by atoms with van der Waals surface area (Å²) in [6, 6.07) is 22.6. The number of anilines is 2. The molecule has 0 atom stereocenters. The molecule has 8 N–H and O–H groups in total. The van der Waals surface area contributed by atoms with Gasteiger partial charge in [-0.2, -0.15) is 9.59 Å². The van der Waals surface area contributed by atoms with Gasteiger partial charge in [0.05, 0.1) is 0 Å². The molecule has 174 valence electrons. The summed E-state index contributed by atoms with van der Waals surface area (Å²) >= 11 is 0. The van der Waals surface area contributed by atoms with Gasteiger partial charge in [0.2, 0.25) is 0 Å². The number of nitrogens with two attached hydrogens (primary N) is 2. The first-order valence-electron chi connectivity index (χ1n) is 9.83. The molecule has 0 radical (unpaired) electrons. The number of aromatic hydroxyl groups is 4. The van der Waals surface area contributed by atoms with Crippen molar-refractivity contribution in [2.75, 3.05) is 11.5 Å². The van der Waals surface area contributed by atoms with Crippen LogP contribution >= 0.6 is 0 Å². The molecule has 0 amide bonds. The third-order valence-corrected chi connectivity index (χ3v) is 4.63. The van der Waals surface area contributed by atoms with Gasteiger partial charge in [0, 0.05) is 40.4 Å². The van der Waals surface area contributed by atoms with E-state index < -0.39 is 0 Å². The van der Waals surface area contributed by atoms with Crippen molar-refractivity contribution in [2.24, 2.45) is 0 Å². The van der Waals surface area contributed by atoms with Crippen LogP contribution in [0.2, 0.25) is 0 Å². The number of nitrogen functional groups attached to an aromatic ring is 2. The van der Waals surface area contributed by atoms with Crippen molar-refractivity contribution >= 4 is 17.5 Å². The van der Waals surface area contributed by atoms with Crippen LogP contribution in [0.5, 0.6) is 23.0 Å². The SMILES string of the molecule is Cc1cc(O)ccc1-c1[c-]cc(O)cc1.Nc1ccc(-c2ccc(N)cc2O)c(O)c1.O=C=O.[Na+]. The van der Waals surface area contributed by atoms with E-state index in [9.17, 15) is 15.3 Å². The van der Waals surface area contributed by atoms with Crippen molar-refractivity contribution in [3.05, 3.63) is 84.4 Å². The zero-order chi connectivity index (χ0) is 25.3. The third-order valence-electron chi connectivity index (χ3n) is 4.63. The van der Waals surface area contributed by atoms with Gasteiger partial charge in [-0.1, -0.05) is 17.2 Å². The summed E-state index contributed by atoms with van der Waals surface area (Å²) in [7, 11) is 0. The van der Waals surface area contributed by atoms with Crippen molar-refractivity contribution in [3.8, 4) is 45.3 Å². The molecule has 0 heterocycles. The third kappa shape index (κ3) is 8.41. The number of rotatable bonds is 2. The predicted molar refractivity (Wildman–Crippen MR) is 128 cm³/mol. The monoisotopic (exact) mass is 482 g/mol. The number of phenols is 4. The van der Waals surface area contributed by atoms with Crippen LogP contribution in [0.1, 0.15) is 5.56 Å². The molecule has 0 aliphatic rings. The maximum atomic E-state index is 9.72. The summed E-state index contributed by atoms with van der Waals surface area (Å²) < 4.78 is 0. The zero-order valence-corrected chi connectivity index (χ0v) is 21.2. The van der Waals surface area contributed by atoms with Gasteiger partial charge in [0.15, 0.2) is 0 Å². The van der Waals surface area contributed by atoms with E-state index in [0.717, 1.165) is 16.7 Å². The summed E-state index contributed by atoms with van der Waals surface area (Å²) in [6.45, 7) is 1.93. The molecule has 0 aliphatic heterocycles. The first kappa shape index (κ1) is 29.1. The Labute approximate surface area is 224 Å². The molecule has 0 fully saturated rings. The fourth-order valence-corrected chi connectivity index (χ4v) is 3.09. The first-order chi connectivity index (χ1) is 16.2. The van der Waals surface area contributed by atoms with Crippen molar-refractivity contribution < 1.29 is 59.6 Å². The van der Waals surface area contributed by atoms with Crippen LogP contribution in [0.15, 0.2) is 72.8 Å². The zero-order valence-electron chi connectivity index (χ0n) is 19.2. The summed E-state index contributed by atoms with van der Waals surface area (Å²) in [4.78, 5) is 16.2. The van der Waals surface area contributed by atoms with Gasteiger partial charge in [-0.15, -0.1) is 29.8 Å². The smallest absolute Gasteiger partial charge is 0.551 e. The molecule has 8 nitrogen and oxygen atoms in total. The van der Waals surface area contributed by atoms with E-state index in [1.807, 2.05) is 13.0 Å². The molecule has 4 rings (SSSR count). The Morgan fingerprint density at radius 2 is 1.14 bits per heavy atom. The molecular weight excluding hydrogens is 459 g/mol. The molecule has 0 spiro atoms. The van der Waals surface area contributed by atoms with Crippen molar-refractivity contribution in [3.63, 3.8) is 0 Å². The second-order valence-corrected chi connectivity index (χ2v) is 7.10. The van der Waals surface area contributed by atoms with Crippen LogP contribution in [0, 0.1) is 13.0 Å². The Balaban J connectivity index is 0.000000308. The van der Waals surface area contributed by atoms with Crippen LogP contribution in [0.3, 0.4) is 0 Å². The molecule has 0 unspecified atom stereocenters. The quantitative estimate of drug-likeness (QED) is 0.141. The second kappa shape index (κ2) is 13.7. The summed E-state index contributed by atoms with van der Waals surface area (Å²) in [5.74, 6) is 0.519. The first-order valence-corrected chi connectivity index (χ1v) is 9.83.